The summed E-state index contributed by atoms with van der Waals surface area (Å²) in [5.41, 5.74) is 2.98. The maximum Gasteiger partial charge on any atom is 0.272 e. The van der Waals surface area contributed by atoms with Gasteiger partial charge in [-0.25, -0.2) is 0 Å². The first-order chi connectivity index (χ1) is 19.4. The van der Waals surface area contributed by atoms with E-state index in [1.807, 2.05) is 24.3 Å². The highest BCUT2D eigenvalue weighted by atomic mass is 16.5. The van der Waals surface area contributed by atoms with Crippen LogP contribution in [0.25, 0.3) is 12.2 Å². The number of allylic oxidation sites excluding steroid dienone is 1. The highest BCUT2D eigenvalue weighted by Crippen LogP contribution is 2.17. The van der Waals surface area contributed by atoms with E-state index in [2.05, 4.69) is 10.6 Å². The van der Waals surface area contributed by atoms with E-state index in [1.54, 1.807) is 105 Å². The molecule has 2 amide bonds. The number of nitrogens with one attached hydrogen (secondary N) is 2. The highest BCUT2D eigenvalue weighted by molar-refractivity contribution is 6.11. The zero-order chi connectivity index (χ0) is 28.3. The van der Waals surface area contributed by atoms with E-state index in [4.69, 9.17) is 9.47 Å². The Balaban J connectivity index is 1.47. The molecule has 0 aliphatic heterocycles. The van der Waals surface area contributed by atoms with Gasteiger partial charge in [-0.3, -0.25) is 14.4 Å². The number of amides is 2. The molecule has 4 aromatic carbocycles. The minimum atomic E-state index is -0.515. The second-order valence-corrected chi connectivity index (χ2v) is 8.65. The summed E-state index contributed by atoms with van der Waals surface area (Å²) in [6, 6.07) is 29.6. The van der Waals surface area contributed by atoms with Crippen molar-refractivity contribution >= 4 is 35.4 Å². The van der Waals surface area contributed by atoms with Crippen molar-refractivity contribution in [1.29, 1.82) is 0 Å². The fraction of sp³-hybridized carbons (Fsp3) is 0.0606. The van der Waals surface area contributed by atoms with Gasteiger partial charge in [0.15, 0.2) is 5.78 Å². The monoisotopic (exact) mass is 532 g/mol. The smallest absolute Gasteiger partial charge is 0.272 e. The predicted octanol–water partition coefficient (Wildman–Crippen LogP) is 6.01. The van der Waals surface area contributed by atoms with Crippen LogP contribution in [0.2, 0.25) is 0 Å². The molecule has 200 valence electrons. The number of methoxy groups -OCH3 is 2. The Morgan fingerprint density at radius 1 is 0.650 bits per heavy atom. The van der Waals surface area contributed by atoms with E-state index in [0.29, 0.717) is 28.1 Å². The van der Waals surface area contributed by atoms with Crippen LogP contribution in [0.1, 0.15) is 31.8 Å². The number of hydrogen-bond donors (Lipinski definition) is 2. The van der Waals surface area contributed by atoms with Crippen LogP contribution in [0.5, 0.6) is 11.5 Å². The van der Waals surface area contributed by atoms with Crippen molar-refractivity contribution in [3.8, 4) is 11.5 Å². The quantitative estimate of drug-likeness (QED) is 0.193. The summed E-state index contributed by atoms with van der Waals surface area (Å²) in [5.74, 6) is 0.301. The summed E-state index contributed by atoms with van der Waals surface area (Å²) in [4.78, 5) is 38.7. The van der Waals surface area contributed by atoms with E-state index in [-0.39, 0.29) is 11.5 Å². The largest absolute Gasteiger partial charge is 0.497 e. The molecule has 0 spiro atoms. The van der Waals surface area contributed by atoms with Gasteiger partial charge in [0.25, 0.3) is 11.8 Å². The molecule has 4 aromatic rings. The molecule has 2 N–H and O–H groups in total. The van der Waals surface area contributed by atoms with Crippen molar-refractivity contribution in [2.75, 3.05) is 19.5 Å². The maximum absolute atomic E-state index is 13.2. The molecule has 0 atom stereocenters. The van der Waals surface area contributed by atoms with E-state index in [9.17, 15) is 14.4 Å². The summed E-state index contributed by atoms with van der Waals surface area (Å²) in [7, 11) is 3.17. The molecule has 0 saturated carbocycles. The van der Waals surface area contributed by atoms with Crippen molar-refractivity contribution < 1.29 is 23.9 Å². The first-order valence-corrected chi connectivity index (χ1v) is 12.4. The molecule has 7 nitrogen and oxygen atoms in total. The molecule has 0 saturated heterocycles. The Bertz CT molecular complexity index is 1520. The third kappa shape index (κ3) is 7.55. The number of hydrogen-bond acceptors (Lipinski definition) is 5. The lowest BCUT2D eigenvalue weighted by atomic mass is 10.1. The Labute approximate surface area is 232 Å². The van der Waals surface area contributed by atoms with Gasteiger partial charge in [-0.15, -0.1) is 0 Å². The third-order valence-corrected chi connectivity index (χ3v) is 5.93. The van der Waals surface area contributed by atoms with Gasteiger partial charge in [0.1, 0.15) is 17.2 Å². The third-order valence-electron chi connectivity index (χ3n) is 5.93. The first kappa shape index (κ1) is 27.6. The van der Waals surface area contributed by atoms with Gasteiger partial charge >= 0.3 is 0 Å². The van der Waals surface area contributed by atoms with Crippen LogP contribution in [-0.4, -0.2) is 31.8 Å². The van der Waals surface area contributed by atoms with E-state index in [0.717, 1.165) is 11.3 Å². The van der Waals surface area contributed by atoms with Crippen molar-refractivity contribution in [2.45, 2.75) is 0 Å². The lowest BCUT2D eigenvalue weighted by Gasteiger charge is -2.12. The lowest BCUT2D eigenvalue weighted by molar-refractivity contribution is -0.113. The summed E-state index contributed by atoms with van der Waals surface area (Å²) in [6.07, 6.45) is 4.80. The highest BCUT2D eigenvalue weighted by Gasteiger charge is 2.15. The number of benzene rings is 4. The van der Waals surface area contributed by atoms with Crippen molar-refractivity contribution in [1.82, 2.24) is 5.32 Å². The van der Waals surface area contributed by atoms with Gasteiger partial charge in [0.2, 0.25) is 0 Å². The first-order valence-electron chi connectivity index (χ1n) is 12.4. The Morgan fingerprint density at radius 3 is 1.80 bits per heavy atom. The number of carbonyl (C=O) groups excluding carboxylic acids is 3. The van der Waals surface area contributed by atoms with E-state index < -0.39 is 11.8 Å². The van der Waals surface area contributed by atoms with Crippen LogP contribution in [0, 0.1) is 0 Å². The molecule has 0 aliphatic carbocycles. The average molecular weight is 533 g/mol. The molecular weight excluding hydrogens is 504 g/mol. The van der Waals surface area contributed by atoms with Crippen LogP contribution in [0.4, 0.5) is 5.69 Å². The molecule has 7 heteroatoms. The zero-order valence-electron chi connectivity index (χ0n) is 22.1. The van der Waals surface area contributed by atoms with Gasteiger partial charge in [-0.05, 0) is 83.9 Å². The number of rotatable bonds is 10. The van der Waals surface area contributed by atoms with Crippen molar-refractivity contribution in [2.24, 2.45) is 0 Å². The molecule has 4 rings (SSSR count). The number of anilines is 1. The van der Waals surface area contributed by atoms with Gasteiger partial charge in [-0.2, -0.15) is 0 Å². The summed E-state index contributed by atoms with van der Waals surface area (Å²) >= 11 is 0. The molecule has 0 aliphatic rings. The minimum absolute atomic E-state index is 0.0570. The van der Waals surface area contributed by atoms with Gasteiger partial charge < -0.3 is 20.1 Å². The molecule has 0 bridgehead atoms. The van der Waals surface area contributed by atoms with Crippen LogP contribution >= 0.6 is 0 Å². The molecule has 0 radical (unpaired) electrons. The minimum Gasteiger partial charge on any atom is -0.497 e. The summed E-state index contributed by atoms with van der Waals surface area (Å²) in [6.45, 7) is 0. The summed E-state index contributed by atoms with van der Waals surface area (Å²) in [5, 5.41) is 5.50. The van der Waals surface area contributed by atoms with Crippen molar-refractivity contribution in [3.63, 3.8) is 0 Å². The fourth-order valence-electron chi connectivity index (χ4n) is 3.71. The van der Waals surface area contributed by atoms with Crippen LogP contribution in [-0.2, 0) is 4.79 Å². The lowest BCUT2D eigenvalue weighted by Crippen LogP contribution is -2.30. The summed E-state index contributed by atoms with van der Waals surface area (Å²) < 4.78 is 10.3. The van der Waals surface area contributed by atoms with Crippen LogP contribution < -0.4 is 20.1 Å². The number of ether oxygens (including phenoxy) is 2. The molecule has 0 unspecified atom stereocenters. The second-order valence-electron chi connectivity index (χ2n) is 8.65. The molecule has 0 heterocycles. The fourth-order valence-corrected chi connectivity index (χ4v) is 3.71. The Kier molecular flexibility index (Phi) is 9.24. The average Bonchev–Trinajstić information content (AvgIpc) is 3.00. The molecule has 0 aromatic heterocycles. The van der Waals surface area contributed by atoms with E-state index >= 15 is 0 Å². The Morgan fingerprint density at radius 2 is 1.23 bits per heavy atom. The second kappa shape index (κ2) is 13.4. The topological polar surface area (TPSA) is 93.7 Å². The molecule has 0 fully saturated rings. The van der Waals surface area contributed by atoms with Gasteiger partial charge in [0, 0.05) is 16.8 Å². The van der Waals surface area contributed by atoms with Crippen LogP contribution in [0.15, 0.2) is 115 Å². The SMILES string of the molecule is COc1ccc(/C=C(\NC(=O)c2ccccc2)C(=O)Nc2ccc(C(=O)/C=C/c3ccc(OC)cc3)cc2)cc1. The van der Waals surface area contributed by atoms with Gasteiger partial charge in [0.05, 0.1) is 14.2 Å². The standard InChI is InChI=1S/C33H28N2O5/c1-39-28-17-8-23(9-18-28)12-21-31(36)25-13-15-27(16-14-25)34-33(38)30(22-24-10-19-29(40-2)20-11-24)35-32(37)26-6-4-3-5-7-26/h3-22H,1-2H3,(H,34,38)(H,35,37)/b21-12+,30-22-. The number of carbonyl (C=O) groups is 3. The molecule has 40 heavy (non-hydrogen) atoms. The maximum atomic E-state index is 13.2. The normalized spacial score (nSPS) is 11.1. The zero-order valence-corrected chi connectivity index (χ0v) is 22.1. The Hall–Kier alpha value is -5.43. The predicted molar refractivity (Wildman–Crippen MR) is 156 cm³/mol. The molecular formula is C33H28N2O5. The van der Waals surface area contributed by atoms with Crippen LogP contribution in [0.3, 0.4) is 0 Å². The van der Waals surface area contributed by atoms with E-state index in [1.165, 1.54) is 6.08 Å². The van der Waals surface area contributed by atoms with Gasteiger partial charge in [-0.1, -0.05) is 48.5 Å². The number of ketones is 1. The van der Waals surface area contributed by atoms with Crippen molar-refractivity contribution in [3.05, 3.63) is 137 Å².